The number of fused-ring (bicyclic) bond motifs is 1. The fraction of sp³-hybridized carbons (Fsp3) is 0.324. The molecule has 1 aliphatic heterocycles. The van der Waals surface area contributed by atoms with Crippen molar-refractivity contribution < 1.29 is 60.8 Å². The van der Waals surface area contributed by atoms with Crippen molar-refractivity contribution in [2.24, 2.45) is 5.92 Å². The summed E-state index contributed by atoms with van der Waals surface area (Å²) >= 11 is 0. The molecule has 1 saturated heterocycles. The first-order valence-corrected chi connectivity index (χ1v) is 17.9. The van der Waals surface area contributed by atoms with E-state index in [1.54, 1.807) is 111 Å². The number of methoxy groups -OCH3 is 1. The normalized spacial score (nSPS) is 20.0. The van der Waals surface area contributed by atoms with Gasteiger partial charge in [0.2, 0.25) is 6.29 Å². The molecule has 6 atom stereocenters. The van der Waals surface area contributed by atoms with Crippen LogP contribution in [-0.4, -0.2) is 62.7 Å². The van der Waals surface area contributed by atoms with Crippen molar-refractivity contribution in [3.05, 3.63) is 114 Å². The minimum Gasteiger partial charge on any atom is -0.468 e. The summed E-state index contributed by atoms with van der Waals surface area (Å²) in [4.78, 5) is 38.0. The van der Waals surface area contributed by atoms with Crippen molar-refractivity contribution in [3.8, 4) is 5.75 Å². The molecule has 2 unspecified atom stereocenters. The van der Waals surface area contributed by atoms with Gasteiger partial charge in [-0.1, -0.05) is 111 Å². The van der Waals surface area contributed by atoms with Gasteiger partial charge in [0.1, 0.15) is 37.7 Å². The van der Waals surface area contributed by atoms with Gasteiger partial charge in [0.15, 0.2) is 12.3 Å². The number of carbonyl (C=O) groups excluding carboxylic acids is 3. The third kappa shape index (κ3) is 10.3. The minimum atomic E-state index is -4.75. The Labute approximate surface area is 299 Å². The van der Waals surface area contributed by atoms with E-state index in [0.717, 1.165) is 12.5 Å². The molecule has 1 N–H and O–H groups in total. The predicted molar refractivity (Wildman–Crippen MR) is 185 cm³/mol. The molecule has 276 valence electrons. The standard InChI is InChI=1S/C37H39FNO12P/c1-24(2)32(34(40)44-3)39-52(43,50-29-20-12-18-27-17-10-11-19-28(27)29)51-35-31(38)33(49-37(42)46-22-26-15-8-5-9-16-26)30(48-35)23-47-36(41)45-21-25-13-6-4-7-14-25/h4-20,24,30-33,35H,21-23H2,1-3H3,(H,39,43)/t30-,31+,32+,33-,35?,52?/m1/s1. The average molecular weight is 740 g/mol. The Bertz CT molecular complexity index is 1840. The van der Waals surface area contributed by atoms with Gasteiger partial charge in [-0.3, -0.25) is 9.32 Å². The summed E-state index contributed by atoms with van der Waals surface area (Å²) in [5.41, 5.74) is 1.33. The third-order valence-electron chi connectivity index (χ3n) is 7.88. The van der Waals surface area contributed by atoms with Gasteiger partial charge in [0, 0.05) is 5.39 Å². The van der Waals surface area contributed by atoms with E-state index in [4.69, 9.17) is 37.5 Å². The highest BCUT2D eigenvalue weighted by Crippen LogP contribution is 2.50. The first kappa shape index (κ1) is 38.2. The van der Waals surface area contributed by atoms with E-state index < -0.39 is 69.3 Å². The van der Waals surface area contributed by atoms with E-state index in [1.165, 1.54) is 6.07 Å². The average Bonchev–Trinajstić information content (AvgIpc) is 3.43. The molecule has 1 fully saturated rings. The fourth-order valence-electron chi connectivity index (χ4n) is 5.20. The van der Waals surface area contributed by atoms with Crippen LogP contribution >= 0.6 is 7.75 Å². The third-order valence-corrected chi connectivity index (χ3v) is 9.39. The SMILES string of the molecule is COC(=O)[C@@H](NP(=O)(Oc1cccc2ccccc12)OC1O[C@H](COC(=O)OCc2ccccc2)[C@@H](OC(=O)OCc2ccccc2)[C@@H]1F)C(C)C. The highest BCUT2D eigenvalue weighted by molar-refractivity contribution is 7.52. The summed E-state index contributed by atoms with van der Waals surface area (Å²) in [6.07, 6.45) is -9.97. The van der Waals surface area contributed by atoms with E-state index in [0.29, 0.717) is 16.5 Å². The molecule has 0 amide bonds. The highest BCUT2D eigenvalue weighted by Gasteiger charge is 2.53. The summed E-state index contributed by atoms with van der Waals surface area (Å²) in [6.45, 7) is 2.38. The molecular formula is C37H39FNO12P. The zero-order chi connectivity index (χ0) is 37.1. The van der Waals surface area contributed by atoms with Crippen LogP contribution in [0.3, 0.4) is 0 Å². The lowest BCUT2D eigenvalue weighted by Crippen LogP contribution is -2.42. The second kappa shape index (κ2) is 18.0. The van der Waals surface area contributed by atoms with Crippen molar-refractivity contribution in [2.45, 2.75) is 57.8 Å². The molecule has 0 spiro atoms. The van der Waals surface area contributed by atoms with E-state index in [1.807, 2.05) is 0 Å². The zero-order valence-corrected chi connectivity index (χ0v) is 29.5. The molecule has 0 saturated carbocycles. The number of ether oxygens (including phenoxy) is 6. The quantitative estimate of drug-likeness (QED) is 0.0739. The molecule has 13 nitrogen and oxygen atoms in total. The molecule has 5 rings (SSSR count). The van der Waals surface area contributed by atoms with Gasteiger partial charge in [0.25, 0.3) is 0 Å². The number of alkyl halides is 1. The number of benzene rings is 4. The number of hydrogen-bond donors (Lipinski definition) is 1. The van der Waals surface area contributed by atoms with Crippen LogP contribution in [0, 0.1) is 5.92 Å². The Morgan fingerprint density at radius 2 is 1.40 bits per heavy atom. The predicted octanol–water partition coefficient (Wildman–Crippen LogP) is 7.27. The molecule has 1 heterocycles. The molecule has 0 aromatic heterocycles. The monoisotopic (exact) mass is 739 g/mol. The van der Waals surface area contributed by atoms with E-state index in [2.05, 4.69) is 5.09 Å². The summed E-state index contributed by atoms with van der Waals surface area (Å²) in [7, 11) is -3.60. The van der Waals surface area contributed by atoms with Crippen molar-refractivity contribution in [1.82, 2.24) is 5.09 Å². The van der Waals surface area contributed by atoms with Gasteiger partial charge in [-0.2, -0.15) is 5.09 Å². The Hall–Kier alpha value is -5.01. The summed E-state index contributed by atoms with van der Waals surface area (Å²) in [5.74, 6) is -1.19. The molecule has 4 aromatic carbocycles. The summed E-state index contributed by atoms with van der Waals surface area (Å²) < 4.78 is 74.0. The van der Waals surface area contributed by atoms with E-state index >= 15 is 4.39 Å². The van der Waals surface area contributed by atoms with Crippen LogP contribution < -0.4 is 9.61 Å². The lowest BCUT2D eigenvalue weighted by atomic mass is 10.1. The molecule has 0 aliphatic carbocycles. The maximum absolute atomic E-state index is 16.3. The molecule has 15 heteroatoms. The van der Waals surface area contributed by atoms with Gasteiger partial charge in [-0.25, -0.2) is 18.5 Å². The van der Waals surface area contributed by atoms with Crippen LogP contribution in [0.5, 0.6) is 5.75 Å². The second-order valence-electron chi connectivity index (χ2n) is 12.0. The fourth-order valence-corrected chi connectivity index (χ4v) is 6.96. The molecule has 52 heavy (non-hydrogen) atoms. The largest absolute Gasteiger partial charge is 0.509 e. The molecule has 0 bridgehead atoms. The Kier molecular flexibility index (Phi) is 13.2. The topological polar surface area (TPSA) is 154 Å². The Morgan fingerprint density at radius 3 is 2.04 bits per heavy atom. The number of carbonyl (C=O) groups is 3. The molecule has 0 radical (unpaired) electrons. The maximum atomic E-state index is 16.3. The summed E-state index contributed by atoms with van der Waals surface area (Å²) in [5, 5.41) is 3.86. The van der Waals surface area contributed by atoms with Crippen LogP contribution in [0.1, 0.15) is 25.0 Å². The smallest absolute Gasteiger partial charge is 0.468 e. The Morgan fingerprint density at radius 1 is 0.808 bits per heavy atom. The van der Waals surface area contributed by atoms with Crippen molar-refractivity contribution in [1.29, 1.82) is 0 Å². The molecule has 1 aliphatic rings. The van der Waals surface area contributed by atoms with E-state index in [-0.39, 0.29) is 19.0 Å². The van der Waals surface area contributed by atoms with Gasteiger partial charge in [-0.15, -0.1) is 0 Å². The number of nitrogens with one attached hydrogen (secondary N) is 1. The lowest BCUT2D eigenvalue weighted by Gasteiger charge is -2.28. The lowest BCUT2D eigenvalue weighted by molar-refractivity contribution is -0.144. The number of halogens is 1. The van der Waals surface area contributed by atoms with Crippen LogP contribution in [0.4, 0.5) is 14.0 Å². The second-order valence-corrected chi connectivity index (χ2v) is 13.6. The maximum Gasteiger partial charge on any atom is 0.509 e. The van der Waals surface area contributed by atoms with Gasteiger partial charge in [0.05, 0.1) is 7.11 Å². The van der Waals surface area contributed by atoms with Crippen LogP contribution in [0.2, 0.25) is 0 Å². The van der Waals surface area contributed by atoms with Crippen LogP contribution in [0.25, 0.3) is 10.8 Å². The van der Waals surface area contributed by atoms with Crippen molar-refractivity contribution in [3.63, 3.8) is 0 Å². The van der Waals surface area contributed by atoms with Gasteiger partial charge < -0.3 is 32.9 Å². The summed E-state index contributed by atoms with van der Waals surface area (Å²) in [6, 6.07) is 28.3. The first-order valence-electron chi connectivity index (χ1n) is 16.4. The van der Waals surface area contributed by atoms with Crippen LogP contribution in [-0.2, 0) is 55.5 Å². The van der Waals surface area contributed by atoms with Gasteiger partial charge in [-0.05, 0) is 28.5 Å². The van der Waals surface area contributed by atoms with Crippen molar-refractivity contribution in [2.75, 3.05) is 13.7 Å². The first-order chi connectivity index (χ1) is 25.0. The van der Waals surface area contributed by atoms with Crippen LogP contribution in [0.15, 0.2) is 103 Å². The number of esters is 1. The Balaban J connectivity index is 1.37. The van der Waals surface area contributed by atoms with E-state index in [9.17, 15) is 18.9 Å². The highest BCUT2D eigenvalue weighted by atomic mass is 31.2. The number of hydrogen-bond acceptors (Lipinski definition) is 12. The van der Waals surface area contributed by atoms with Gasteiger partial charge >= 0.3 is 26.0 Å². The molecule has 4 aromatic rings. The van der Waals surface area contributed by atoms with Crippen molar-refractivity contribution >= 4 is 36.8 Å². The number of rotatable bonds is 15. The molecular weight excluding hydrogens is 700 g/mol. The zero-order valence-electron chi connectivity index (χ0n) is 28.6. The minimum absolute atomic E-state index is 0.0908.